The topological polar surface area (TPSA) is 101 Å². The van der Waals surface area contributed by atoms with E-state index in [1.54, 1.807) is 4.90 Å². The predicted octanol–water partition coefficient (Wildman–Crippen LogP) is 2.18. The minimum Gasteiger partial charge on any atom is -0.454 e. The molecule has 3 aliphatic rings. The van der Waals surface area contributed by atoms with Crippen molar-refractivity contribution in [1.29, 1.82) is 0 Å². The first-order valence-corrected chi connectivity index (χ1v) is 13.2. The smallest absolute Gasteiger partial charge is 0.318 e. The summed E-state index contributed by atoms with van der Waals surface area (Å²) in [6.45, 7) is 8.02. The second kappa shape index (κ2) is 11.4. The molecule has 1 fully saturated rings. The average Bonchev–Trinajstić information content (AvgIpc) is 3.65. The lowest BCUT2D eigenvalue weighted by atomic mass is 10.00. The number of benzene rings is 1. The molecule has 38 heavy (non-hydrogen) atoms. The van der Waals surface area contributed by atoms with E-state index in [2.05, 4.69) is 10.2 Å². The number of nitrogens with zero attached hydrogens (tertiary/aromatic N) is 5. The summed E-state index contributed by atoms with van der Waals surface area (Å²) in [6.07, 6.45) is 2.51. The van der Waals surface area contributed by atoms with Crippen LogP contribution in [0.5, 0.6) is 11.5 Å². The first kappa shape index (κ1) is 26.1. The van der Waals surface area contributed by atoms with Gasteiger partial charge in [0.05, 0.1) is 30.7 Å². The van der Waals surface area contributed by atoms with Crippen LogP contribution < -0.4 is 14.8 Å². The summed E-state index contributed by atoms with van der Waals surface area (Å²) >= 11 is 0. The Morgan fingerprint density at radius 3 is 2.68 bits per heavy atom. The molecule has 0 radical (unpaired) electrons. The van der Waals surface area contributed by atoms with Gasteiger partial charge in [-0.2, -0.15) is 5.10 Å². The van der Waals surface area contributed by atoms with Gasteiger partial charge in [0.1, 0.15) is 6.54 Å². The van der Waals surface area contributed by atoms with Crippen LogP contribution in [0, 0.1) is 0 Å². The lowest BCUT2D eigenvalue weighted by Crippen LogP contribution is -2.50. The van der Waals surface area contributed by atoms with E-state index in [0.717, 1.165) is 30.1 Å². The highest BCUT2D eigenvalue weighted by atomic mass is 16.7. The molecule has 3 aliphatic heterocycles. The van der Waals surface area contributed by atoms with Crippen LogP contribution in [0.15, 0.2) is 41.6 Å². The van der Waals surface area contributed by atoms with Crippen molar-refractivity contribution in [2.75, 3.05) is 52.7 Å². The van der Waals surface area contributed by atoms with Gasteiger partial charge in [0.25, 0.3) is 5.91 Å². The molecule has 3 amide bonds. The number of nitrogens with one attached hydrogen (secondary N) is 1. The Morgan fingerprint density at radius 1 is 1.16 bits per heavy atom. The van der Waals surface area contributed by atoms with Gasteiger partial charge < -0.3 is 29.0 Å². The number of urea groups is 1. The largest absolute Gasteiger partial charge is 0.454 e. The lowest BCUT2D eigenvalue weighted by Gasteiger charge is -2.31. The predicted molar refractivity (Wildman–Crippen MR) is 141 cm³/mol. The van der Waals surface area contributed by atoms with E-state index in [4.69, 9.17) is 19.3 Å². The summed E-state index contributed by atoms with van der Waals surface area (Å²) in [4.78, 5) is 30.7. The minimum atomic E-state index is -0.323. The number of rotatable bonds is 8. The summed E-state index contributed by atoms with van der Waals surface area (Å²) in [7, 11) is 1.96. The molecule has 11 heteroatoms. The third kappa shape index (κ3) is 5.78. The fraction of sp³-hybridized carbons (Fsp3) is 0.519. The third-order valence-corrected chi connectivity index (χ3v) is 7.00. The van der Waals surface area contributed by atoms with Gasteiger partial charge in [-0.3, -0.25) is 9.69 Å². The molecule has 1 N–H and O–H groups in total. The Hall–Kier alpha value is -3.57. The van der Waals surface area contributed by atoms with Gasteiger partial charge in [-0.1, -0.05) is 6.07 Å². The second-order valence-electron chi connectivity index (χ2n) is 10.1. The van der Waals surface area contributed by atoms with Crippen LogP contribution in [-0.4, -0.2) is 95.8 Å². The number of morpholine rings is 1. The number of aryl methyl sites for hydroxylation is 1. The lowest BCUT2D eigenvalue weighted by molar-refractivity contribution is -0.133. The Kier molecular flexibility index (Phi) is 7.85. The number of carbonyl (C=O) groups is 2. The Balaban J connectivity index is 1.38. The molecule has 1 saturated heterocycles. The molecule has 0 saturated carbocycles. The van der Waals surface area contributed by atoms with Crippen molar-refractivity contribution in [3.63, 3.8) is 0 Å². The molecule has 204 valence electrons. The molecular formula is C27H36N6O5. The molecule has 1 aromatic heterocycles. The molecule has 2 aromatic rings. The summed E-state index contributed by atoms with van der Waals surface area (Å²) < 4.78 is 18.5. The zero-order valence-corrected chi connectivity index (χ0v) is 22.3. The first-order chi connectivity index (χ1) is 18.4. The van der Waals surface area contributed by atoms with E-state index in [1.807, 2.05) is 62.0 Å². The van der Waals surface area contributed by atoms with Gasteiger partial charge >= 0.3 is 6.03 Å². The molecule has 1 atom stereocenters. The SMILES string of the molecule is CC(C)NC(=O)N(CCN1CCOCC1)CC(=O)N1N=C(c2cccn2C)C[C@H]1c1ccc2c(c1)OCO2. The fourth-order valence-corrected chi connectivity index (χ4v) is 4.95. The maximum absolute atomic E-state index is 13.8. The number of carbonyl (C=O) groups excluding carboxylic acids is 2. The van der Waals surface area contributed by atoms with E-state index >= 15 is 0 Å². The van der Waals surface area contributed by atoms with Crippen molar-refractivity contribution >= 4 is 17.6 Å². The zero-order valence-electron chi connectivity index (χ0n) is 22.3. The van der Waals surface area contributed by atoms with Crippen molar-refractivity contribution < 1.29 is 23.8 Å². The van der Waals surface area contributed by atoms with Crippen LogP contribution >= 0.6 is 0 Å². The van der Waals surface area contributed by atoms with Gasteiger partial charge in [0.15, 0.2) is 11.5 Å². The Morgan fingerprint density at radius 2 is 1.95 bits per heavy atom. The summed E-state index contributed by atoms with van der Waals surface area (Å²) in [5.41, 5.74) is 2.68. The van der Waals surface area contributed by atoms with Gasteiger partial charge in [-0.05, 0) is 43.7 Å². The van der Waals surface area contributed by atoms with Gasteiger partial charge in [-0.15, -0.1) is 0 Å². The monoisotopic (exact) mass is 524 g/mol. The van der Waals surface area contributed by atoms with Crippen molar-refractivity contribution in [2.45, 2.75) is 32.4 Å². The molecule has 0 aliphatic carbocycles. The number of hydrogen-bond donors (Lipinski definition) is 1. The van der Waals surface area contributed by atoms with Crippen molar-refractivity contribution in [3.8, 4) is 11.5 Å². The number of amides is 3. The van der Waals surface area contributed by atoms with E-state index < -0.39 is 0 Å². The maximum atomic E-state index is 13.8. The van der Waals surface area contributed by atoms with Crippen molar-refractivity contribution in [1.82, 2.24) is 24.7 Å². The van der Waals surface area contributed by atoms with Gasteiger partial charge in [0.2, 0.25) is 6.79 Å². The van der Waals surface area contributed by atoms with Crippen molar-refractivity contribution in [3.05, 3.63) is 47.8 Å². The highest BCUT2D eigenvalue weighted by molar-refractivity contribution is 6.02. The quantitative estimate of drug-likeness (QED) is 0.568. The highest BCUT2D eigenvalue weighted by Crippen LogP contribution is 2.39. The number of hydrazone groups is 1. The number of fused-ring (bicyclic) bond motifs is 1. The number of aromatic nitrogens is 1. The van der Waals surface area contributed by atoms with Crippen molar-refractivity contribution in [2.24, 2.45) is 12.1 Å². The maximum Gasteiger partial charge on any atom is 0.318 e. The normalized spacial score (nSPS) is 19.1. The Labute approximate surface area is 222 Å². The second-order valence-corrected chi connectivity index (χ2v) is 10.1. The summed E-state index contributed by atoms with van der Waals surface area (Å²) in [5.74, 6) is 1.11. The van der Waals surface area contributed by atoms with Crippen LogP contribution in [0.1, 0.15) is 37.6 Å². The molecule has 0 bridgehead atoms. The van der Waals surface area contributed by atoms with E-state index in [-0.39, 0.29) is 37.4 Å². The first-order valence-electron chi connectivity index (χ1n) is 13.2. The molecule has 0 unspecified atom stereocenters. The average molecular weight is 525 g/mol. The molecular weight excluding hydrogens is 488 g/mol. The molecule has 1 aromatic carbocycles. The molecule has 4 heterocycles. The fourth-order valence-electron chi connectivity index (χ4n) is 4.95. The van der Waals surface area contributed by atoms with E-state index in [1.165, 1.54) is 5.01 Å². The number of ether oxygens (including phenoxy) is 3. The highest BCUT2D eigenvalue weighted by Gasteiger charge is 2.36. The van der Waals surface area contributed by atoms with Crippen LogP contribution in [0.3, 0.4) is 0 Å². The van der Waals surface area contributed by atoms with Crippen LogP contribution in [0.2, 0.25) is 0 Å². The third-order valence-electron chi connectivity index (χ3n) is 7.00. The number of hydrogen-bond acceptors (Lipinski definition) is 7. The standard InChI is InChI=1S/C27H36N6O5/c1-19(2)28-27(35)32(10-9-31-11-13-36-14-12-31)17-26(34)33-23(16-21(29-33)22-5-4-8-30(22)3)20-6-7-24-25(15-20)38-18-37-24/h4-8,15,19,23H,9-14,16-18H2,1-3H3,(H,28,35)/t23-/m0/s1. The van der Waals surface area contributed by atoms with Crippen LogP contribution in [0.25, 0.3) is 0 Å². The van der Waals surface area contributed by atoms with Crippen LogP contribution in [-0.2, 0) is 16.6 Å². The summed E-state index contributed by atoms with van der Waals surface area (Å²) in [6, 6.07) is 9.06. The summed E-state index contributed by atoms with van der Waals surface area (Å²) in [5, 5.41) is 9.26. The minimum absolute atomic E-state index is 0.0429. The van der Waals surface area contributed by atoms with Gasteiger partial charge in [0, 0.05) is 51.9 Å². The van der Waals surface area contributed by atoms with Gasteiger partial charge in [-0.25, -0.2) is 9.80 Å². The van der Waals surface area contributed by atoms with E-state index in [0.29, 0.717) is 44.2 Å². The van der Waals surface area contributed by atoms with E-state index in [9.17, 15) is 9.59 Å². The van der Waals surface area contributed by atoms with Crippen LogP contribution in [0.4, 0.5) is 4.79 Å². The molecule has 11 nitrogen and oxygen atoms in total. The Bertz CT molecular complexity index is 1190. The zero-order chi connectivity index (χ0) is 26.6. The molecule has 5 rings (SSSR count). The molecule has 0 spiro atoms.